The number of carboxylic acid groups (broad SMARTS) is 1. The fraction of sp³-hybridized carbons (Fsp3) is 0.571. The minimum absolute atomic E-state index is 0.262. The van der Waals surface area contributed by atoms with Crippen LogP contribution in [0, 0.1) is 11.8 Å². The lowest BCUT2D eigenvalue weighted by Crippen LogP contribution is -2.27. The number of carbonyl (C=O) groups is 1. The molecule has 5 atom stereocenters. The van der Waals surface area contributed by atoms with Crippen LogP contribution in [0.4, 0.5) is 0 Å². The minimum atomic E-state index is -0.947. The fourth-order valence-electron chi connectivity index (χ4n) is 4.32. The average Bonchev–Trinajstić information content (AvgIpc) is 3.24. The number of aliphatic hydroxyl groups is 1. The molecule has 2 N–H and O–H groups in total. The number of aliphatic hydroxyl groups excluding tert-OH is 1. The first-order valence-electron chi connectivity index (χ1n) is 9.48. The van der Waals surface area contributed by atoms with Gasteiger partial charge in [-0.25, -0.2) is 4.79 Å². The number of hydrogen-bond acceptors (Lipinski definition) is 4. The molecule has 0 aliphatic carbocycles. The number of ether oxygens (including phenoxy) is 2. The molecular formula is C21H28O5. The molecule has 1 aromatic rings. The summed E-state index contributed by atoms with van der Waals surface area (Å²) in [6, 6.07) is 9.82. The summed E-state index contributed by atoms with van der Waals surface area (Å²) in [6.07, 6.45) is 9.08. The van der Waals surface area contributed by atoms with E-state index >= 15 is 0 Å². The summed E-state index contributed by atoms with van der Waals surface area (Å²) in [7, 11) is 0. The van der Waals surface area contributed by atoms with Crippen molar-refractivity contribution in [2.24, 2.45) is 11.8 Å². The number of fused-ring (bicyclic) bond motifs is 2. The maximum absolute atomic E-state index is 10.4. The Morgan fingerprint density at radius 1 is 1.19 bits per heavy atom. The Bertz CT molecular complexity index is 600. The van der Waals surface area contributed by atoms with Gasteiger partial charge in [0, 0.05) is 0 Å². The van der Waals surface area contributed by atoms with Crippen molar-refractivity contribution in [2.75, 3.05) is 13.2 Å². The van der Waals surface area contributed by atoms with Crippen molar-refractivity contribution in [1.82, 2.24) is 0 Å². The molecule has 26 heavy (non-hydrogen) atoms. The Hall–Kier alpha value is -1.69. The second-order valence-electron chi connectivity index (χ2n) is 7.24. The lowest BCUT2D eigenvalue weighted by atomic mass is 9.75. The van der Waals surface area contributed by atoms with Crippen molar-refractivity contribution >= 4 is 5.97 Å². The van der Waals surface area contributed by atoms with E-state index in [1.165, 1.54) is 0 Å². The highest BCUT2D eigenvalue weighted by atomic mass is 16.5. The lowest BCUT2D eigenvalue weighted by molar-refractivity contribution is -0.141. The molecule has 5 nitrogen and oxygen atoms in total. The highest BCUT2D eigenvalue weighted by molar-refractivity contribution is 5.67. The van der Waals surface area contributed by atoms with Gasteiger partial charge in [0.2, 0.25) is 0 Å². The van der Waals surface area contributed by atoms with Gasteiger partial charge in [-0.05, 0) is 49.5 Å². The summed E-state index contributed by atoms with van der Waals surface area (Å²) >= 11 is 0. The van der Waals surface area contributed by atoms with E-state index in [1.54, 1.807) is 0 Å². The first-order valence-corrected chi connectivity index (χ1v) is 9.48. The Labute approximate surface area is 154 Å². The molecule has 2 aliphatic rings. The average molecular weight is 360 g/mol. The fourth-order valence-corrected chi connectivity index (χ4v) is 4.32. The molecule has 2 heterocycles. The summed E-state index contributed by atoms with van der Waals surface area (Å²) in [5, 5.41) is 19.0. The van der Waals surface area contributed by atoms with Crippen LogP contribution in [-0.4, -0.2) is 41.6 Å². The van der Waals surface area contributed by atoms with E-state index < -0.39 is 12.1 Å². The standard InChI is InChI=1S/C21H28O5/c22-18(15-6-2-1-3-7-15)10-9-17-16(19-11-12-20(17)26-19)8-4-5-13-25-14-21(23)24/h1-7,16-20,22H,8-14H2,(H,23,24)/b5-4+/t16-,17+,18?,19-,20+/m1/s1. The van der Waals surface area contributed by atoms with Gasteiger partial charge < -0.3 is 19.7 Å². The Morgan fingerprint density at radius 3 is 2.65 bits per heavy atom. The van der Waals surface area contributed by atoms with Gasteiger partial charge in [0.15, 0.2) is 0 Å². The van der Waals surface area contributed by atoms with Crippen LogP contribution in [0.1, 0.15) is 43.8 Å². The van der Waals surface area contributed by atoms with Crippen LogP contribution in [0.5, 0.6) is 0 Å². The van der Waals surface area contributed by atoms with Crippen LogP contribution in [0.25, 0.3) is 0 Å². The molecule has 0 saturated carbocycles. The highest BCUT2D eigenvalue weighted by Crippen LogP contribution is 2.47. The van der Waals surface area contributed by atoms with Gasteiger partial charge in [-0.2, -0.15) is 0 Å². The zero-order valence-corrected chi connectivity index (χ0v) is 15.0. The first kappa shape index (κ1) is 19.1. The van der Waals surface area contributed by atoms with Gasteiger partial charge in [0.25, 0.3) is 0 Å². The topological polar surface area (TPSA) is 76.0 Å². The summed E-state index contributed by atoms with van der Waals surface area (Å²) in [5.74, 6) is 0.0149. The van der Waals surface area contributed by atoms with E-state index in [4.69, 9.17) is 14.6 Å². The first-order chi connectivity index (χ1) is 12.6. The quantitative estimate of drug-likeness (QED) is 0.494. The zero-order chi connectivity index (χ0) is 18.4. The number of carboxylic acids is 1. The molecule has 0 amide bonds. The molecule has 5 heteroatoms. The molecule has 1 aromatic carbocycles. The highest BCUT2D eigenvalue weighted by Gasteiger charge is 2.47. The molecule has 2 aliphatic heterocycles. The normalized spacial score (nSPS) is 28.7. The number of hydrogen-bond donors (Lipinski definition) is 2. The van der Waals surface area contributed by atoms with Crippen LogP contribution in [-0.2, 0) is 14.3 Å². The van der Waals surface area contributed by atoms with Crippen molar-refractivity contribution in [3.8, 4) is 0 Å². The zero-order valence-electron chi connectivity index (χ0n) is 15.0. The lowest BCUT2D eigenvalue weighted by Gasteiger charge is -2.28. The maximum atomic E-state index is 10.4. The Morgan fingerprint density at radius 2 is 1.92 bits per heavy atom. The second kappa shape index (κ2) is 9.31. The molecule has 3 rings (SSSR count). The molecule has 0 spiro atoms. The largest absolute Gasteiger partial charge is 0.480 e. The van der Waals surface area contributed by atoms with Crippen LogP contribution in [0.15, 0.2) is 42.5 Å². The number of allylic oxidation sites excluding steroid dienone is 1. The van der Waals surface area contributed by atoms with E-state index in [1.807, 2.05) is 36.4 Å². The van der Waals surface area contributed by atoms with Crippen molar-refractivity contribution in [3.05, 3.63) is 48.0 Å². The monoisotopic (exact) mass is 360 g/mol. The smallest absolute Gasteiger partial charge is 0.329 e. The number of rotatable bonds is 10. The van der Waals surface area contributed by atoms with Gasteiger partial charge in [-0.1, -0.05) is 42.5 Å². The van der Waals surface area contributed by atoms with E-state index in [0.29, 0.717) is 30.7 Å². The van der Waals surface area contributed by atoms with E-state index in [-0.39, 0.29) is 6.61 Å². The minimum Gasteiger partial charge on any atom is -0.480 e. The maximum Gasteiger partial charge on any atom is 0.329 e. The van der Waals surface area contributed by atoms with Crippen LogP contribution < -0.4 is 0 Å². The van der Waals surface area contributed by atoms with Crippen molar-refractivity contribution in [3.63, 3.8) is 0 Å². The third-order valence-electron chi connectivity index (χ3n) is 5.56. The SMILES string of the molecule is O=C(O)COC/C=C/C[C@@H]1[C@H](CCC(O)c2ccccc2)[C@@H]2CC[C@H]1O2. The van der Waals surface area contributed by atoms with Crippen molar-refractivity contribution < 1.29 is 24.5 Å². The Kier molecular flexibility index (Phi) is 6.83. The molecule has 2 bridgehead atoms. The van der Waals surface area contributed by atoms with Gasteiger partial charge >= 0.3 is 5.97 Å². The Balaban J connectivity index is 1.47. The number of benzene rings is 1. The molecule has 0 aromatic heterocycles. The van der Waals surface area contributed by atoms with Crippen molar-refractivity contribution in [2.45, 2.75) is 50.4 Å². The molecule has 2 fully saturated rings. The molecule has 142 valence electrons. The molecule has 2 saturated heterocycles. The third kappa shape index (κ3) is 4.93. The molecular weight excluding hydrogens is 332 g/mol. The predicted molar refractivity (Wildman–Crippen MR) is 97.7 cm³/mol. The summed E-state index contributed by atoms with van der Waals surface area (Å²) in [5.41, 5.74) is 0.976. The third-order valence-corrected chi connectivity index (χ3v) is 5.56. The van der Waals surface area contributed by atoms with Crippen LogP contribution in [0.2, 0.25) is 0 Å². The van der Waals surface area contributed by atoms with Crippen LogP contribution in [0.3, 0.4) is 0 Å². The second-order valence-corrected chi connectivity index (χ2v) is 7.24. The number of aliphatic carboxylic acids is 1. The van der Waals surface area contributed by atoms with E-state index in [2.05, 4.69) is 6.08 Å². The van der Waals surface area contributed by atoms with Gasteiger partial charge in [0.1, 0.15) is 6.61 Å². The van der Waals surface area contributed by atoms with Crippen LogP contribution >= 0.6 is 0 Å². The van der Waals surface area contributed by atoms with Gasteiger partial charge in [-0.15, -0.1) is 0 Å². The van der Waals surface area contributed by atoms with Gasteiger partial charge in [0.05, 0.1) is 24.9 Å². The van der Waals surface area contributed by atoms with E-state index in [9.17, 15) is 9.90 Å². The molecule has 1 unspecified atom stereocenters. The predicted octanol–water partition coefficient (Wildman–Crippen LogP) is 3.34. The van der Waals surface area contributed by atoms with Crippen molar-refractivity contribution in [1.29, 1.82) is 0 Å². The van der Waals surface area contributed by atoms with E-state index in [0.717, 1.165) is 37.7 Å². The molecule has 0 radical (unpaired) electrons. The van der Waals surface area contributed by atoms with Gasteiger partial charge in [-0.3, -0.25) is 0 Å². The summed E-state index contributed by atoms with van der Waals surface area (Å²) < 4.78 is 11.1. The summed E-state index contributed by atoms with van der Waals surface area (Å²) in [4.78, 5) is 10.4. The summed E-state index contributed by atoms with van der Waals surface area (Å²) in [6.45, 7) is 0.0624.